The second-order valence-corrected chi connectivity index (χ2v) is 10.3. The number of aliphatic hydroxyl groups is 1. The number of hydrogen-bond acceptors (Lipinski definition) is 7. The zero-order valence-corrected chi connectivity index (χ0v) is 20.4. The standard InChI is InChI=1S/C26H30FN3O4S/c1-35-30-17-8-6-15(7-9-17)14-2-4-16(5-3-14)24-18(27)10-19-20(29-24)11-23(28-19)34-22-13-33-25-21(31)12-32-26(22)25/h2-5,10-11,15,17,21-22,25-26,28,30-31H,6-9,12-13H2,1H3/t15-,17-,21-,22-,25-,26-/m1/s1. The van der Waals surface area contributed by atoms with Crippen LogP contribution >= 0.6 is 11.9 Å². The van der Waals surface area contributed by atoms with E-state index >= 15 is 4.39 Å². The van der Waals surface area contributed by atoms with Gasteiger partial charge in [-0.3, -0.25) is 4.72 Å². The third-order valence-electron chi connectivity index (χ3n) is 7.46. The number of benzene rings is 1. The van der Waals surface area contributed by atoms with Crippen LogP contribution in [-0.2, 0) is 9.47 Å². The molecule has 7 nitrogen and oxygen atoms in total. The zero-order valence-electron chi connectivity index (χ0n) is 19.6. The highest BCUT2D eigenvalue weighted by Gasteiger charge is 2.48. The summed E-state index contributed by atoms with van der Waals surface area (Å²) in [6.45, 7) is 0.574. The first-order chi connectivity index (χ1) is 17.1. The Hall–Kier alpha value is -2.17. The molecule has 3 aromatic rings. The summed E-state index contributed by atoms with van der Waals surface area (Å²) in [7, 11) is 0. The molecule has 2 aliphatic heterocycles. The summed E-state index contributed by atoms with van der Waals surface area (Å²) >= 11 is 1.70. The van der Waals surface area contributed by atoms with E-state index in [1.807, 2.05) is 12.1 Å². The molecule has 4 heterocycles. The third kappa shape index (κ3) is 4.56. The highest BCUT2D eigenvalue weighted by Crippen LogP contribution is 2.35. The van der Waals surface area contributed by atoms with Gasteiger partial charge in [-0.2, -0.15) is 0 Å². The molecule has 3 N–H and O–H groups in total. The van der Waals surface area contributed by atoms with Crippen molar-refractivity contribution in [3.05, 3.63) is 47.8 Å². The maximum atomic E-state index is 15.0. The average Bonchev–Trinajstić information content (AvgIpc) is 3.56. The molecule has 9 heteroatoms. The number of hydrogen-bond donors (Lipinski definition) is 3. The summed E-state index contributed by atoms with van der Waals surface area (Å²) in [6, 6.07) is 12.0. The van der Waals surface area contributed by atoms with Gasteiger partial charge in [0.15, 0.2) is 17.8 Å². The van der Waals surface area contributed by atoms with Gasteiger partial charge in [-0.05, 0) is 43.4 Å². The van der Waals surface area contributed by atoms with Crippen molar-refractivity contribution in [2.75, 3.05) is 19.5 Å². The molecule has 3 fully saturated rings. The number of aromatic amines is 1. The number of nitrogens with zero attached hydrogens (tertiary/aromatic N) is 1. The summed E-state index contributed by atoms with van der Waals surface area (Å²) in [4.78, 5) is 7.68. The fourth-order valence-corrected chi connectivity index (χ4v) is 6.17. The fourth-order valence-electron chi connectivity index (χ4n) is 5.60. The largest absolute Gasteiger partial charge is 0.470 e. The quantitative estimate of drug-likeness (QED) is 0.439. The van der Waals surface area contributed by atoms with Gasteiger partial charge < -0.3 is 24.3 Å². The zero-order chi connectivity index (χ0) is 23.9. The van der Waals surface area contributed by atoms with Crippen molar-refractivity contribution in [2.45, 2.75) is 62.1 Å². The monoisotopic (exact) mass is 499 g/mol. The van der Waals surface area contributed by atoms with E-state index in [4.69, 9.17) is 14.2 Å². The Morgan fingerprint density at radius 2 is 1.86 bits per heavy atom. The second-order valence-electron chi connectivity index (χ2n) is 9.70. The molecule has 4 atom stereocenters. The first-order valence-corrected chi connectivity index (χ1v) is 13.5. The molecule has 2 saturated heterocycles. The van der Waals surface area contributed by atoms with Gasteiger partial charge in [-0.15, -0.1) is 0 Å². The van der Waals surface area contributed by atoms with Gasteiger partial charge in [0.25, 0.3) is 0 Å². The van der Waals surface area contributed by atoms with E-state index in [0.29, 0.717) is 41.2 Å². The SMILES string of the molecule is CSN[C@H]1CC[C@H](c2ccc(-c3nc4cc(O[C@@H]5CO[C@H]6[C@@H]5OC[C@H]6O)[nH]c4cc3F)cc2)CC1. The average molecular weight is 500 g/mol. The van der Waals surface area contributed by atoms with E-state index < -0.39 is 6.10 Å². The number of rotatable bonds is 6. The summed E-state index contributed by atoms with van der Waals surface area (Å²) in [5.41, 5.74) is 3.59. The van der Waals surface area contributed by atoms with Crippen LogP contribution in [0.15, 0.2) is 36.4 Å². The Bertz CT molecular complexity index is 1180. The number of pyridine rings is 1. The number of ether oxygens (including phenoxy) is 3. The van der Waals surface area contributed by atoms with Crippen molar-refractivity contribution in [3.8, 4) is 17.1 Å². The van der Waals surface area contributed by atoms with Gasteiger partial charge >= 0.3 is 0 Å². The van der Waals surface area contributed by atoms with Gasteiger partial charge in [0, 0.05) is 23.7 Å². The molecule has 0 radical (unpaired) electrons. The first-order valence-electron chi connectivity index (χ1n) is 12.2. The lowest BCUT2D eigenvalue weighted by Crippen LogP contribution is -2.34. The lowest BCUT2D eigenvalue weighted by molar-refractivity contribution is 0.00794. The van der Waals surface area contributed by atoms with Crippen LogP contribution in [0.5, 0.6) is 5.88 Å². The lowest BCUT2D eigenvalue weighted by atomic mass is 9.82. The van der Waals surface area contributed by atoms with E-state index in [1.54, 1.807) is 18.0 Å². The highest BCUT2D eigenvalue weighted by atomic mass is 32.2. The third-order valence-corrected chi connectivity index (χ3v) is 8.03. The molecule has 35 heavy (non-hydrogen) atoms. The van der Waals surface area contributed by atoms with E-state index in [-0.39, 0.29) is 30.7 Å². The van der Waals surface area contributed by atoms with Crippen molar-refractivity contribution in [1.29, 1.82) is 0 Å². The van der Waals surface area contributed by atoms with Crippen molar-refractivity contribution in [2.24, 2.45) is 0 Å². The lowest BCUT2D eigenvalue weighted by Gasteiger charge is -2.28. The molecule has 0 amide bonds. The molecular weight excluding hydrogens is 469 g/mol. The normalized spacial score (nSPS) is 30.6. The molecule has 0 bridgehead atoms. The van der Waals surface area contributed by atoms with Gasteiger partial charge in [0.05, 0.1) is 24.2 Å². The van der Waals surface area contributed by atoms with Crippen LogP contribution in [0, 0.1) is 5.82 Å². The molecule has 6 rings (SSSR count). The number of halogens is 1. The molecule has 0 spiro atoms. The van der Waals surface area contributed by atoms with Crippen LogP contribution in [-0.4, -0.2) is 65.0 Å². The Morgan fingerprint density at radius 1 is 1.09 bits per heavy atom. The molecule has 3 aliphatic rings. The van der Waals surface area contributed by atoms with Crippen LogP contribution in [0.2, 0.25) is 0 Å². The smallest absolute Gasteiger partial charge is 0.193 e. The predicted molar refractivity (Wildman–Crippen MR) is 133 cm³/mol. The second kappa shape index (κ2) is 9.71. The first kappa shape index (κ1) is 23.2. The van der Waals surface area contributed by atoms with Crippen LogP contribution in [0.3, 0.4) is 0 Å². The summed E-state index contributed by atoms with van der Waals surface area (Å²) in [5.74, 6) is 0.650. The van der Waals surface area contributed by atoms with E-state index in [0.717, 1.165) is 5.56 Å². The fraction of sp³-hybridized carbons (Fsp3) is 0.500. The van der Waals surface area contributed by atoms with Gasteiger partial charge in [0.1, 0.15) is 24.0 Å². The maximum absolute atomic E-state index is 15.0. The summed E-state index contributed by atoms with van der Waals surface area (Å²) < 4.78 is 35.8. The van der Waals surface area contributed by atoms with E-state index in [2.05, 4.69) is 33.1 Å². The summed E-state index contributed by atoms with van der Waals surface area (Å²) in [5, 5.41) is 9.92. The number of aromatic nitrogens is 2. The molecular formula is C26H30FN3O4S. The van der Waals surface area contributed by atoms with Gasteiger partial charge in [0.2, 0.25) is 0 Å². The van der Waals surface area contributed by atoms with Crippen molar-refractivity contribution >= 4 is 23.0 Å². The van der Waals surface area contributed by atoms with Gasteiger partial charge in [-0.25, -0.2) is 9.37 Å². The molecule has 1 saturated carbocycles. The van der Waals surface area contributed by atoms with Crippen LogP contribution in [0.1, 0.15) is 37.2 Å². The Labute approximate surface area is 207 Å². The Kier molecular flexibility index (Phi) is 6.45. The highest BCUT2D eigenvalue weighted by molar-refractivity contribution is 7.96. The van der Waals surface area contributed by atoms with E-state index in [1.165, 1.54) is 37.3 Å². The van der Waals surface area contributed by atoms with Crippen LogP contribution in [0.25, 0.3) is 22.3 Å². The molecule has 2 aromatic heterocycles. The topological polar surface area (TPSA) is 88.6 Å². The number of fused-ring (bicyclic) bond motifs is 2. The van der Waals surface area contributed by atoms with Crippen molar-refractivity contribution in [1.82, 2.24) is 14.7 Å². The van der Waals surface area contributed by atoms with Crippen LogP contribution in [0.4, 0.5) is 4.39 Å². The number of aliphatic hydroxyl groups excluding tert-OH is 1. The van der Waals surface area contributed by atoms with Gasteiger partial charge in [-0.1, -0.05) is 36.2 Å². The van der Waals surface area contributed by atoms with E-state index in [9.17, 15) is 5.11 Å². The minimum absolute atomic E-state index is 0.243. The number of nitrogens with one attached hydrogen (secondary N) is 2. The molecule has 0 unspecified atom stereocenters. The predicted octanol–water partition coefficient (Wildman–Crippen LogP) is 4.17. The summed E-state index contributed by atoms with van der Waals surface area (Å²) in [6.07, 6.45) is 5.12. The number of H-pyrrole nitrogens is 1. The maximum Gasteiger partial charge on any atom is 0.193 e. The Morgan fingerprint density at radius 3 is 2.63 bits per heavy atom. The molecule has 1 aromatic carbocycles. The Balaban J connectivity index is 1.17. The van der Waals surface area contributed by atoms with Crippen molar-refractivity contribution in [3.63, 3.8) is 0 Å². The minimum atomic E-state index is -0.631. The van der Waals surface area contributed by atoms with Crippen molar-refractivity contribution < 1.29 is 23.7 Å². The molecule has 186 valence electrons. The minimum Gasteiger partial charge on any atom is -0.470 e. The molecule has 1 aliphatic carbocycles. The van der Waals surface area contributed by atoms with Crippen LogP contribution < -0.4 is 9.46 Å².